The van der Waals surface area contributed by atoms with Gasteiger partial charge in [0.2, 0.25) is 5.72 Å². The molecule has 0 aromatic heterocycles. The lowest BCUT2D eigenvalue weighted by atomic mass is 9.87. The second-order valence-electron chi connectivity index (χ2n) is 6.62. The van der Waals surface area contributed by atoms with Crippen molar-refractivity contribution in [2.45, 2.75) is 38.6 Å². The number of carbonyl (C=O) groups is 2. The molecule has 2 atom stereocenters. The van der Waals surface area contributed by atoms with E-state index in [2.05, 4.69) is 4.90 Å². The molecule has 1 aliphatic heterocycles. The first-order chi connectivity index (χ1) is 12.4. The number of likely N-dealkylation sites (tertiary alicyclic amines) is 1. The quantitative estimate of drug-likeness (QED) is 0.772. The summed E-state index contributed by atoms with van der Waals surface area (Å²) in [6.45, 7) is 5.01. The van der Waals surface area contributed by atoms with E-state index in [-0.39, 0.29) is 12.0 Å². The molecule has 1 heterocycles. The van der Waals surface area contributed by atoms with Crippen molar-refractivity contribution in [1.82, 2.24) is 4.90 Å². The lowest BCUT2D eigenvalue weighted by Gasteiger charge is -2.56. The minimum Gasteiger partial charge on any atom is -0.455 e. The molecule has 1 aliphatic rings. The molecule has 0 radical (unpaired) electrons. The zero-order valence-corrected chi connectivity index (χ0v) is 15.2. The predicted molar refractivity (Wildman–Crippen MR) is 97.2 cm³/mol. The molecule has 0 aliphatic carbocycles. The van der Waals surface area contributed by atoms with Gasteiger partial charge in [-0.25, -0.2) is 4.90 Å². The molecule has 0 bridgehead atoms. The molecule has 5 nitrogen and oxygen atoms in total. The fourth-order valence-corrected chi connectivity index (χ4v) is 3.55. The Labute approximate surface area is 153 Å². The largest absolute Gasteiger partial charge is 0.455 e. The van der Waals surface area contributed by atoms with Crippen LogP contribution in [0.2, 0.25) is 0 Å². The first kappa shape index (κ1) is 18.1. The van der Waals surface area contributed by atoms with Gasteiger partial charge < -0.3 is 9.47 Å². The molecular formula is C21H23NO4. The van der Waals surface area contributed by atoms with Crippen molar-refractivity contribution >= 4 is 11.9 Å². The fourth-order valence-electron chi connectivity index (χ4n) is 3.55. The highest BCUT2D eigenvalue weighted by Gasteiger charge is 2.58. The van der Waals surface area contributed by atoms with Crippen LogP contribution < -0.4 is 0 Å². The number of hydrogen-bond acceptors (Lipinski definition) is 5. The molecule has 2 unspecified atom stereocenters. The van der Waals surface area contributed by atoms with Gasteiger partial charge in [-0.15, -0.1) is 0 Å². The van der Waals surface area contributed by atoms with Gasteiger partial charge in [-0.1, -0.05) is 60.7 Å². The fraction of sp³-hybridized carbons (Fsp3) is 0.333. The standard InChI is InChI=1S/C21H23NO4/c1-15(23)25-19-14-22(21(19,3)26-16(2)24)20(17-10-6-4-7-11-17)18-12-8-5-9-13-18/h4-13,19-20H,14H2,1-3H3. The average Bonchev–Trinajstić information content (AvgIpc) is 2.61. The molecule has 136 valence electrons. The Bertz CT molecular complexity index is 738. The monoisotopic (exact) mass is 353 g/mol. The van der Waals surface area contributed by atoms with Crippen LogP contribution in [-0.2, 0) is 19.1 Å². The zero-order valence-electron chi connectivity index (χ0n) is 15.2. The molecule has 3 rings (SSSR count). The van der Waals surface area contributed by atoms with Crippen LogP contribution in [0.15, 0.2) is 60.7 Å². The molecule has 0 spiro atoms. The first-order valence-electron chi connectivity index (χ1n) is 8.65. The minimum absolute atomic E-state index is 0.117. The van der Waals surface area contributed by atoms with Gasteiger partial charge in [0, 0.05) is 20.4 Å². The molecule has 0 N–H and O–H groups in total. The minimum atomic E-state index is -1.02. The molecule has 5 heteroatoms. The van der Waals surface area contributed by atoms with Gasteiger partial charge in [-0.3, -0.25) is 9.59 Å². The number of carbonyl (C=O) groups excluding carboxylic acids is 2. The Balaban J connectivity index is 2.00. The summed E-state index contributed by atoms with van der Waals surface area (Å²) in [6, 6.07) is 19.9. The van der Waals surface area contributed by atoms with Gasteiger partial charge in [0.25, 0.3) is 0 Å². The summed E-state index contributed by atoms with van der Waals surface area (Å²) in [5.41, 5.74) is 1.14. The summed E-state index contributed by atoms with van der Waals surface area (Å²) >= 11 is 0. The van der Waals surface area contributed by atoms with Crippen LogP contribution in [-0.4, -0.2) is 35.2 Å². The topological polar surface area (TPSA) is 55.8 Å². The third kappa shape index (κ3) is 3.48. The first-order valence-corrected chi connectivity index (χ1v) is 8.65. The highest BCUT2D eigenvalue weighted by atomic mass is 16.6. The summed E-state index contributed by atoms with van der Waals surface area (Å²) in [5.74, 6) is -0.793. The van der Waals surface area contributed by atoms with Crippen molar-refractivity contribution in [3.8, 4) is 0 Å². The van der Waals surface area contributed by atoms with E-state index in [0.717, 1.165) is 11.1 Å². The molecule has 2 aromatic carbocycles. The summed E-state index contributed by atoms with van der Waals surface area (Å²) in [4.78, 5) is 25.3. The van der Waals surface area contributed by atoms with E-state index in [4.69, 9.17) is 9.47 Å². The number of rotatable bonds is 5. The van der Waals surface area contributed by atoms with Gasteiger partial charge in [-0.05, 0) is 18.1 Å². The lowest BCUT2D eigenvalue weighted by molar-refractivity contribution is -0.276. The Kier molecular flexibility index (Phi) is 5.09. The number of hydrogen-bond donors (Lipinski definition) is 0. The third-order valence-corrected chi connectivity index (χ3v) is 4.73. The Morgan fingerprint density at radius 3 is 1.88 bits per heavy atom. The van der Waals surface area contributed by atoms with Crippen molar-refractivity contribution in [2.24, 2.45) is 0 Å². The maximum atomic E-state index is 11.7. The maximum absolute atomic E-state index is 11.7. The predicted octanol–water partition coefficient (Wildman–Crippen LogP) is 3.30. The summed E-state index contributed by atoms with van der Waals surface area (Å²) in [6.07, 6.45) is -0.501. The lowest BCUT2D eigenvalue weighted by Crippen LogP contribution is -2.72. The Morgan fingerprint density at radius 2 is 1.46 bits per heavy atom. The zero-order chi connectivity index (χ0) is 18.7. The highest BCUT2D eigenvalue weighted by molar-refractivity contribution is 5.68. The number of esters is 2. The van der Waals surface area contributed by atoms with E-state index >= 15 is 0 Å². The molecule has 26 heavy (non-hydrogen) atoms. The summed E-state index contributed by atoms with van der Waals surface area (Å²) < 4.78 is 11.0. The second-order valence-corrected chi connectivity index (χ2v) is 6.62. The number of benzene rings is 2. The van der Waals surface area contributed by atoms with Crippen LogP contribution in [0.1, 0.15) is 37.9 Å². The van der Waals surface area contributed by atoms with Gasteiger partial charge in [0.05, 0.1) is 6.04 Å². The van der Waals surface area contributed by atoms with E-state index in [1.54, 1.807) is 6.92 Å². The molecule has 2 aromatic rings. The van der Waals surface area contributed by atoms with E-state index in [1.807, 2.05) is 60.7 Å². The molecule has 1 fully saturated rings. The van der Waals surface area contributed by atoms with Crippen molar-refractivity contribution in [3.63, 3.8) is 0 Å². The maximum Gasteiger partial charge on any atom is 0.304 e. The second kappa shape index (κ2) is 7.30. The van der Waals surface area contributed by atoms with E-state index in [0.29, 0.717) is 6.54 Å². The smallest absolute Gasteiger partial charge is 0.304 e. The van der Waals surface area contributed by atoms with Gasteiger partial charge in [0.1, 0.15) is 0 Å². The van der Waals surface area contributed by atoms with E-state index in [1.165, 1.54) is 13.8 Å². The van der Waals surface area contributed by atoms with Crippen LogP contribution in [0.4, 0.5) is 0 Å². The summed E-state index contributed by atoms with van der Waals surface area (Å²) in [7, 11) is 0. The third-order valence-electron chi connectivity index (χ3n) is 4.73. The van der Waals surface area contributed by atoms with Crippen molar-refractivity contribution in [2.75, 3.05) is 6.54 Å². The van der Waals surface area contributed by atoms with Gasteiger partial charge >= 0.3 is 11.9 Å². The molecule has 1 saturated heterocycles. The van der Waals surface area contributed by atoms with E-state index in [9.17, 15) is 9.59 Å². The molecule has 0 saturated carbocycles. The van der Waals surface area contributed by atoms with Crippen LogP contribution >= 0.6 is 0 Å². The normalized spacial score (nSPS) is 22.5. The van der Waals surface area contributed by atoms with E-state index < -0.39 is 17.8 Å². The van der Waals surface area contributed by atoms with Gasteiger partial charge in [-0.2, -0.15) is 0 Å². The Hall–Kier alpha value is -2.66. The van der Waals surface area contributed by atoms with Crippen molar-refractivity contribution < 1.29 is 19.1 Å². The van der Waals surface area contributed by atoms with Crippen LogP contribution in [0.3, 0.4) is 0 Å². The molecule has 0 amide bonds. The summed E-state index contributed by atoms with van der Waals surface area (Å²) in [5, 5.41) is 0. The van der Waals surface area contributed by atoms with Crippen molar-refractivity contribution in [3.05, 3.63) is 71.8 Å². The Morgan fingerprint density at radius 1 is 0.962 bits per heavy atom. The van der Waals surface area contributed by atoms with Gasteiger partial charge in [0.15, 0.2) is 6.10 Å². The van der Waals surface area contributed by atoms with Crippen LogP contribution in [0.25, 0.3) is 0 Å². The number of nitrogens with zero attached hydrogens (tertiary/aromatic N) is 1. The molecular weight excluding hydrogens is 330 g/mol. The van der Waals surface area contributed by atoms with Crippen LogP contribution in [0.5, 0.6) is 0 Å². The van der Waals surface area contributed by atoms with Crippen LogP contribution in [0, 0.1) is 0 Å². The SMILES string of the molecule is CC(=O)OC1CN(C(c2ccccc2)c2ccccc2)C1(C)OC(C)=O. The number of ether oxygens (including phenoxy) is 2. The average molecular weight is 353 g/mol. The van der Waals surface area contributed by atoms with Crippen molar-refractivity contribution in [1.29, 1.82) is 0 Å². The highest BCUT2D eigenvalue weighted by Crippen LogP contribution is 2.44.